The van der Waals surface area contributed by atoms with Crippen LogP contribution in [-0.4, -0.2) is 24.9 Å². The topological polar surface area (TPSA) is 9.86 Å². The van der Waals surface area contributed by atoms with Crippen molar-refractivity contribution in [3.8, 4) is 22.5 Å². The van der Waals surface area contributed by atoms with Crippen LogP contribution in [-0.2, 0) is 36.1 Å². The van der Waals surface area contributed by atoms with Crippen LogP contribution >= 0.6 is 0 Å². The summed E-state index contributed by atoms with van der Waals surface area (Å²) in [4.78, 5) is 0. The van der Waals surface area contributed by atoms with Gasteiger partial charge in [-0.25, -0.2) is 0 Å². The minimum atomic E-state index is -1.69. The summed E-state index contributed by atoms with van der Waals surface area (Å²) in [6, 6.07) is 28.2. The third kappa shape index (κ3) is 3.97. The summed E-state index contributed by atoms with van der Waals surface area (Å²) >= 11 is -1.20. The van der Waals surface area contributed by atoms with Crippen LogP contribution in [0.4, 0.5) is 0 Å². The summed E-state index contributed by atoms with van der Waals surface area (Å²) < 4.78 is 9.00. The molecule has 0 aliphatic heterocycles. The molecule has 0 amide bonds. The van der Waals surface area contributed by atoms with Gasteiger partial charge in [0.05, 0.1) is 0 Å². The Balaban J connectivity index is 1.42. The Labute approximate surface area is 269 Å². The molecule has 0 N–H and O–H groups in total. The fourth-order valence-corrected chi connectivity index (χ4v) is 15.7. The van der Waals surface area contributed by atoms with E-state index < -0.39 is 39.7 Å². The van der Waals surface area contributed by atoms with Gasteiger partial charge in [-0.15, -0.1) is 0 Å². The first-order valence-electron chi connectivity index (χ1n) is 15.7. The second-order valence-electron chi connectivity index (χ2n) is 14.8. The Morgan fingerprint density at radius 2 is 0.930 bits per heavy atom. The Hall–Kier alpha value is -2.72. The zero-order valence-electron chi connectivity index (χ0n) is 26.7. The monoisotopic (exact) mass is 670 g/mol. The standard InChI is InChI=1S/2C19H20NSi.Zr/c2*1-13-9-10-18-16(11-13)17-12-14-7-5-6-8-15(14)19(17)20(18)21(2,3)4;/h2*5-10H,12H2,1-4H3;. The molecule has 2 nitrogen and oxygen atoms in total. The average Bonchev–Trinajstić information content (AvgIpc) is 3.66. The molecule has 0 saturated heterocycles. The molecular weight excluding hydrogens is 632 g/mol. The first-order valence-corrected chi connectivity index (χ1v) is 25.1. The number of rotatable bonds is 4. The van der Waals surface area contributed by atoms with Crippen molar-refractivity contribution in [2.45, 2.75) is 66.0 Å². The summed E-state index contributed by atoms with van der Waals surface area (Å²) in [7, 11) is -3.38. The van der Waals surface area contributed by atoms with E-state index in [1.54, 1.807) is 28.4 Å². The van der Waals surface area contributed by atoms with Crippen molar-refractivity contribution in [1.29, 1.82) is 0 Å². The van der Waals surface area contributed by atoms with E-state index in [2.05, 4.69) is 134 Å². The van der Waals surface area contributed by atoms with Gasteiger partial charge in [0.1, 0.15) is 0 Å². The molecule has 5 heteroatoms. The first-order chi connectivity index (χ1) is 20.4. The van der Waals surface area contributed by atoms with Crippen LogP contribution in [0.5, 0.6) is 0 Å². The van der Waals surface area contributed by atoms with E-state index in [-0.39, 0.29) is 0 Å². The molecule has 214 valence electrons. The summed E-state index contributed by atoms with van der Waals surface area (Å²) in [6.45, 7) is 19.8. The van der Waals surface area contributed by atoms with Crippen LogP contribution in [0.1, 0.15) is 33.4 Å². The number of hydrogen-bond acceptors (Lipinski definition) is 0. The quantitative estimate of drug-likeness (QED) is 0.166. The average molecular weight is 672 g/mol. The molecule has 0 spiro atoms. The van der Waals surface area contributed by atoms with E-state index in [9.17, 15) is 0 Å². The van der Waals surface area contributed by atoms with Gasteiger partial charge in [-0.05, 0) is 0 Å². The van der Waals surface area contributed by atoms with Gasteiger partial charge in [-0.1, -0.05) is 0 Å². The number of aryl methyl sites for hydroxylation is 2. The van der Waals surface area contributed by atoms with Crippen molar-refractivity contribution in [2.75, 3.05) is 0 Å². The molecule has 0 bridgehead atoms. The Morgan fingerprint density at radius 3 is 1.33 bits per heavy atom. The molecule has 0 radical (unpaired) electrons. The summed E-state index contributed by atoms with van der Waals surface area (Å²) in [5, 5.41) is 3.20. The van der Waals surface area contributed by atoms with Crippen LogP contribution < -0.4 is 6.54 Å². The number of fused-ring (bicyclic) bond motifs is 10. The van der Waals surface area contributed by atoms with Gasteiger partial charge < -0.3 is 0 Å². The molecule has 0 atom stereocenters. The zero-order chi connectivity index (χ0) is 30.0. The van der Waals surface area contributed by atoms with E-state index in [4.69, 9.17) is 0 Å². The molecule has 2 aromatic heterocycles. The molecule has 2 aliphatic rings. The third-order valence-corrected chi connectivity index (χ3v) is 17.8. The predicted molar refractivity (Wildman–Crippen MR) is 187 cm³/mol. The van der Waals surface area contributed by atoms with Gasteiger partial charge in [0.25, 0.3) is 0 Å². The summed E-state index contributed by atoms with van der Waals surface area (Å²) in [5.41, 5.74) is 18.1. The molecule has 4 aromatic carbocycles. The molecule has 43 heavy (non-hydrogen) atoms. The minimum absolute atomic E-state index is 1.06. The van der Waals surface area contributed by atoms with Crippen LogP contribution in [0.15, 0.2) is 72.8 Å². The van der Waals surface area contributed by atoms with Crippen LogP contribution in [0, 0.1) is 13.8 Å². The van der Waals surface area contributed by atoms with Gasteiger partial charge in [-0.3, -0.25) is 0 Å². The maximum absolute atomic E-state index is 2.80. The van der Waals surface area contributed by atoms with E-state index in [1.165, 1.54) is 55.8 Å². The fraction of sp³-hybridized carbons (Fsp3) is 0.263. The van der Waals surface area contributed by atoms with Crippen LogP contribution in [0.2, 0.25) is 39.3 Å². The fourth-order valence-electron chi connectivity index (χ4n) is 8.07. The van der Waals surface area contributed by atoms with Crippen LogP contribution in [0.3, 0.4) is 0 Å². The SMILES string of the molecule is Cc1ccc2c(c3c(n2[Si](C)(C)C)-c2ccccc2C3)[c]1[Zr][c]1c(C)ccc2c1c1c(n2[Si](C)(C)C)-c2ccccc2C1. The molecule has 8 rings (SSSR count). The normalized spacial score (nSPS) is 13.9. The van der Waals surface area contributed by atoms with Crippen LogP contribution in [0.25, 0.3) is 44.3 Å². The van der Waals surface area contributed by atoms with Crippen molar-refractivity contribution in [1.82, 2.24) is 8.47 Å². The molecule has 0 fully saturated rings. The van der Waals surface area contributed by atoms with Gasteiger partial charge in [0.2, 0.25) is 0 Å². The number of benzene rings is 4. The number of nitrogens with zero attached hydrogens (tertiary/aromatic N) is 2. The van der Waals surface area contributed by atoms with Crippen molar-refractivity contribution >= 4 is 44.8 Å². The zero-order valence-corrected chi connectivity index (χ0v) is 31.2. The summed E-state index contributed by atoms with van der Waals surface area (Å²) in [6.07, 6.45) is 2.13. The van der Waals surface area contributed by atoms with Crippen molar-refractivity contribution < 1.29 is 23.2 Å². The molecule has 0 saturated carbocycles. The van der Waals surface area contributed by atoms with Gasteiger partial charge in [-0.2, -0.15) is 0 Å². The van der Waals surface area contributed by atoms with E-state index in [0.717, 1.165) is 12.8 Å². The van der Waals surface area contributed by atoms with Gasteiger partial charge in [0, 0.05) is 0 Å². The van der Waals surface area contributed by atoms with Gasteiger partial charge >= 0.3 is 271 Å². The molecule has 0 unspecified atom stereocenters. The molecule has 2 heterocycles. The van der Waals surface area contributed by atoms with Gasteiger partial charge in [0.15, 0.2) is 0 Å². The van der Waals surface area contributed by atoms with Crippen molar-refractivity contribution in [3.63, 3.8) is 0 Å². The van der Waals surface area contributed by atoms with E-state index in [0.29, 0.717) is 0 Å². The Morgan fingerprint density at radius 1 is 0.535 bits per heavy atom. The summed E-state index contributed by atoms with van der Waals surface area (Å²) in [5.74, 6) is 0. The Bertz CT molecular complexity index is 2000. The second-order valence-corrected chi connectivity index (χ2v) is 27.4. The van der Waals surface area contributed by atoms with Crippen molar-refractivity contribution in [2.24, 2.45) is 0 Å². The number of hydrogen-bond donors (Lipinski definition) is 0. The van der Waals surface area contributed by atoms with E-state index in [1.807, 2.05) is 0 Å². The first kappa shape index (κ1) is 27.8. The maximum atomic E-state index is 2.80. The Kier molecular flexibility index (Phi) is 6.07. The molecule has 6 aromatic rings. The third-order valence-electron chi connectivity index (χ3n) is 9.76. The molecule has 2 aliphatic carbocycles. The molecular formula is C38H40N2Si2Zr. The second kappa shape index (κ2) is 9.39. The van der Waals surface area contributed by atoms with E-state index >= 15 is 0 Å². The number of aromatic nitrogens is 2. The van der Waals surface area contributed by atoms with Crippen molar-refractivity contribution in [3.05, 3.63) is 106 Å². The predicted octanol–water partition coefficient (Wildman–Crippen LogP) is 8.75.